The summed E-state index contributed by atoms with van der Waals surface area (Å²) < 4.78 is 5.51. The van der Waals surface area contributed by atoms with Gasteiger partial charge in [0.2, 0.25) is 5.91 Å². The molecule has 0 heterocycles. The van der Waals surface area contributed by atoms with Crippen LogP contribution in [0.1, 0.15) is 68.4 Å². The Bertz CT molecular complexity index is 929. The molecule has 2 aromatic rings. The Morgan fingerprint density at radius 1 is 0.735 bits per heavy atom. The molecule has 0 fully saturated rings. The molecule has 0 atom stereocenters. The summed E-state index contributed by atoms with van der Waals surface area (Å²) in [6.07, 6.45) is 4.90. The van der Waals surface area contributed by atoms with Gasteiger partial charge in [-0.2, -0.15) is 0 Å². The minimum atomic E-state index is -0.763. The Morgan fingerprint density at radius 3 is 1.97 bits per heavy atom. The fraction of sp³-hybridized carbons (Fsp3) is 0.444. The number of carboxylic acids is 1. The summed E-state index contributed by atoms with van der Waals surface area (Å²) in [6.45, 7) is 1.37. The van der Waals surface area contributed by atoms with Gasteiger partial charge in [0, 0.05) is 31.8 Å². The Hall–Kier alpha value is -3.35. The van der Waals surface area contributed by atoms with E-state index in [4.69, 9.17) is 9.84 Å². The lowest BCUT2D eigenvalue weighted by atomic mass is 9.98. The van der Waals surface area contributed by atoms with E-state index in [2.05, 4.69) is 34.9 Å². The molecule has 0 radical (unpaired) electrons. The molecule has 3 N–H and O–H groups in total. The van der Waals surface area contributed by atoms with Crippen molar-refractivity contribution < 1.29 is 24.2 Å². The Balaban J connectivity index is 1.25. The lowest BCUT2D eigenvalue weighted by molar-refractivity contribution is -0.137. The molecule has 1 aliphatic rings. The molecule has 2 aromatic carbocycles. The summed E-state index contributed by atoms with van der Waals surface area (Å²) in [5.41, 5.74) is 4.76. The Labute approximate surface area is 200 Å². The van der Waals surface area contributed by atoms with Crippen LogP contribution in [0, 0.1) is 0 Å². The van der Waals surface area contributed by atoms with Crippen molar-refractivity contribution in [1.82, 2.24) is 10.6 Å². The zero-order valence-electron chi connectivity index (χ0n) is 19.6. The minimum Gasteiger partial charge on any atom is -0.481 e. The number of carboxylic acid groups (broad SMARTS) is 1. The maximum atomic E-state index is 12.2. The van der Waals surface area contributed by atoms with Crippen molar-refractivity contribution in [1.29, 1.82) is 0 Å². The minimum absolute atomic E-state index is 0.00618. The number of hydrogen-bond donors (Lipinski definition) is 3. The van der Waals surface area contributed by atoms with Gasteiger partial charge in [0.1, 0.15) is 6.61 Å². The van der Waals surface area contributed by atoms with Crippen molar-refractivity contribution in [2.24, 2.45) is 0 Å². The Kier molecular flexibility index (Phi) is 9.95. The van der Waals surface area contributed by atoms with Gasteiger partial charge in [-0.1, -0.05) is 61.4 Å². The monoisotopic (exact) mass is 466 g/mol. The molecule has 34 heavy (non-hydrogen) atoms. The lowest BCUT2D eigenvalue weighted by Gasteiger charge is -2.14. The summed E-state index contributed by atoms with van der Waals surface area (Å²) in [5, 5.41) is 14.2. The highest BCUT2D eigenvalue weighted by Crippen LogP contribution is 2.44. The van der Waals surface area contributed by atoms with Gasteiger partial charge in [-0.25, -0.2) is 4.79 Å². The molecule has 2 amide bonds. The first-order chi connectivity index (χ1) is 16.6. The number of ether oxygens (including phenoxy) is 1. The van der Waals surface area contributed by atoms with E-state index in [1.54, 1.807) is 0 Å². The van der Waals surface area contributed by atoms with Crippen LogP contribution in [0.15, 0.2) is 48.5 Å². The summed E-state index contributed by atoms with van der Waals surface area (Å²) in [5.74, 6) is -0.716. The van der Waals surface area contributed by atoms with Gasteiger partial charge in [-0.05, 0) is 47.9 Å². The van der Waals surface area contributed by atoms with Crippen LogP contribution in [0.2, 0.25) is 0 Å². The molecule has 3 rings (SSSR count). The number of nitrogens with one attached hydrogen (secondary N) is 2. The molecule has 0 saturated heterocycles. The topological polar surface area (TPSA) is 105 Å². The van der Waals surface area contributed by atoms with Crippen LogP contribution >= 0.6 is 0 Å². The maximum absolute atomic E-state index is 12.2. The molecule has 0 bridgehead atoms. The number of benzene rings is 2. The normalized spacial score (nSPS) is 12.0. The van der Waals surface area contributed by atoms with Crippen molar-refractivity contribution in [2.75, 3.05) is 19.7 Å². The summed E-state index contributed by atoms with van der Waals surface area (Å²) in [4.78, 5) is 34.5. The van der Waals surface area contributed by atoms with Crippen molar-refractivity contribution >= 4 is 18.0 Å². The van der Waals surface area contributed by atoms with E-state index >= 15 is 0 Å². The number of unbranched alkanes of at least 4 members (excludes halogenated alkanes) is 4. The van der Waals surface area contributed by atoms with Gasteiger partial charge in [0.25, 0.3) is 0 Å². The zero-order valence-corrected chi connectivity index (χ0v) is 19.6. The number of amides is 2. The highest BCUT2D eigenvalue weighted by Gasteiger charge is 2.28. The van der Waals surface area contributed by atoms with Gasteiger partial charge < -0.3 is 20.5 Å². The van der Waals surface area contributed by atoms with Gasteiger partial charge in [0.15, 0.2) is 0 Å². The van der Waals surface area contributed by atoms with Crippen LogP contribution in [0.25, 0.3) is 11.1 Å². The Morgan fingerprint density at radius 2 is 1.29 bits per heavy atom. The standard InChI is InChI=1S/C27H34N2O5/c30-25(28-17-9-2-1-3-16-26(31)32)15-8-10-18-29-27(33)34-19-24-22-13-6-4-11-20(22)21-12-5-7-14-23(21)24/h4-7,11-14,24H,1-3,8-10,15-19H2,(H,28,30)(H,29,33)(H,31,32). The highest BCUT2D eigenvalue weighted by atomic mass is 16.5. The molecule has 7 heteroatoms. The summed E-state index contributed by atoms with van der Waals surface area (Å²) >= 11 is 0. The fourth-order valence-electron chi connectivity index (χ4n) is 4.32. The average Bonchev–Trinajstić information content (AvgIpc) is 3.15. The first-order valence-electron chi connectivity index (χ1n) is 12.1. The van der Waals surface area contributed by atoms with Crippen molar-refractivity contribution in [3.63, 3.8) is 0 Å². The molecule has 182 valence electrons. The second kappa shape index (κ2) is 13.4. The zero-order chi connectivity index (χ0) is 24.2. The van der Waals surface area contributed by atoms with Crippen LogP contribution < -0.4 is 10.6 Å². The molecule has 7 nitrogen and oxygen atoms in total. The fourth-order valence-corrected chi connectivity index (χ4v) is 4.32. The first-order valence-corrected chi connectivity index (χ1v) is 12.1. The molecular weight excluding hydrogens is 432 g/mol. The predicted molar refractivity (Wildman–Crippen MR) is 131 cm³/mol. The van der Waals surface area contributed by atoms with E-state index < -0.39 is 12.1 Å². The van der Waals surface area contributed by atoms with E-state index in [0.717, 1.165) is 19.3 Å². The number of carbonyl (C=O) groups excluding carboxylic acids is 2. The molecular formula is C27H34N2O5. The van der Waals surface area contributed by atoms with Crippen LogP contribution in [0.4, 0.5) is 4.79 Å². The highest BCUT2D eigenvalue weighted by molar-refractivity contribution is 5.79. The SMILES string of the molecule is O=C(O)CCCCCCNC(=O)CCCCNC(=O)OCC1c2ccccc2-c2ccccc21. The van der Waals surface area contributed by atoms with Crippen molar-refractivity contribution in [3.05, 3.63) is 59.7 Å². The third-order valence-electron chi connectivity index (χ3n) is 6.08. The van der Waals surface area contributed by atoms with Crippen molar-refractivity contribution in [2.45, 2.75) is 57.3 Å². The largest absolute Gasteiger partial charge is 0.481 e. The quantitative estimate of drug-likeness (QED) is 0.345. The van der Waals surface area contributed by atoms with Crippen LogP contribution in [0.3, 0.4) is 0 Å². The molecule has 0 unspecified atom stereocenters. The van der Waals surface area contributed by atoms with Gasteiger partial charge in [-0.3, -0.25) is 9.59 Å². The predicted octanol–water partition coefficient (Wildman–Crippen LogP) is 4.85. The van der Waals surface area contributed by atoms with Crippen LogP contribution in [0.5, 0.6) is 0 Å². The summed E-state index contributed by atoms with van der Waals surface area (Å²) in [6, 6.07) is 16.5. The van der Waals surface area contributed by atoms with E-state index in [0.29, 0.717) is 45.4 Å². The third-order valence-corrected chi connectivity index (χ3v) is 6.08. The number of alkyl carbamates (subject to hydrolysis) is 1. The molecule has 0 aliphatic heterocycles. The maximum Gasteiger partial charge on any atom is 0.407 e. The smallest absolute Gasteiger partial charge is 0.407 e. The molecule has 0 saturated carbocycles. The second-order valence-corrected chi connectivity index (χ2v) is 8.62. The first kappa shape index (κ1) is 25.3. The van der Waals surface area contributed by atoms with Crippen LogP contribution in [-0.2, 0) is 14.3 Å². The molecule has 0 aromatic heterocycles. The van der Waals surface area contributed by atoms with Crippen molar-refractivity contribution in [3.8, 4) is 11.1 Å². The molecule has 0 spiro atoms. The van der Waals surface area contributed by atoms with E-state index in [-0.39, 0.29) is 18.2 Å². The molecule has 1 aliphatic carbocycles. The average molecular weight is 467 g/mol. The second-order valence-electron chi connectivity index (χ2n) is 8.62. The number of rotatable bonds is 14. The van der Waals surface area contributed by atoms with Crippen LogP contribution in [-0.4, -0.2) is 42.8 Å². The number of aliphatic carboxylic acids is 1. The van der Waals surface area contributed by atoms with Gasteiger partial charge >= 0.3 is 12.1 Å². The van der Waals surface area contributed by atoms with E-state index in [9.17, 15) is 14.4 Å². The number of fused-ring (bicyclic) bond motifs is 3. The number of carbonyl (C=O) groups is 3. The third kappa shape index (κ3) is 7.61. The van der Waals surface area contributed by atoms with Gasteiger partial charge in [0.05, 0.1) is 0 Å². The summed E-state index contributed by atoms with van der Waals surface area (Å²) in [7, 11) is 0. The lowest BCUT2D eigenvalue weighted by Crippen LogP contribution is -2.27. The number of hydrogen-bond acceptors (Lipinski definition) is 4. The van der Waals surface area contributed by atoms with E-state index in [1.165, 1.54) is 22.3 Å². The van der Waals surface area contributed by atoms with E-state index in [1.807, 2.05) is 24.3 Å². The van der Waals surface area contributed by atoms with Gasteiger partial charge in [-0.15, -0.1) is 0 Å².